The van der Waals surface area contributed by atoms with E-state index in [1.165, 1.54) is 0 Å². The summed E-state index contributed by atoms with van der Waals surface area (Å²) in [5, 5.41) is 10.8. The third kappa shape index (κ3) is 1.81. The second kappa shape index (κ2) is 4.22. The van der Waals surface area contributed by atoms with E-state index in [1.54, 1.807) is 13.1 Å². The number of rotatable bonds is 1. The molecule has 1 aliphatic heterocycles. The van der Waals surface area contributed by atoms with Crippen molar-refractivity contribution in [3.63, 3.8) is 0 Å². The lowest BCUT2D eigenvalue weighted by molar-refractivity contribution is 0.00934. The Morgan fingerprint density at radius 3 is 2.68 bits per heavy atom. The zero-order valence-electron chi connectivity index (χ0n) is 10.8. The summed E-state index contributed by atoms with van der Waals surface area (Å²) in [6.45, 7) is 4.16. The minimum absolute atomic E-state index is 0.232. The van der Waals surface area contributed by atoms with Gasteiger partial charge in [0.15, 0.2) is 0 Å². The molecule has 2 heterocycles. The number of pyridine rings is 1. The average Bonchev–Trinajstić information content (AvgIpc) is 2.74. The zero-order valence-corrected chi connectivity index (χ0v) is 11.5. The van der Waals surface area contributed by atoms with Crippen LogP contribution >= 0.6 is 11.6 Å². The lowest BCUT2D eigenvalue weighted by Crippen LogP contribution is -2.22. The molecule has 4 heteroatoms. The van der Waals surface area contributed by atoms with Gasteiger partial charge in [-0.3, -0.25) is 4.98 Å². The monoisotopic (exact) mass is 275 g/mol. The van der Waals surface area contributed by atoms with Crippen molar-refractivity contribution in [1.29, 1.82) is 0 Å². The number of hydrogen-bond donors (Lipinski definition) is 1. The zero-order chi connectivity index (χ0) is 13.6. The maximum Gasteiger partial charge on any atom is 0.142 e. The fourth-order valence-electron chi connectivity index (χ4n) is 2.50. The molecule has 1 aromatic carbocycles. The number of fused-ring (bicyclic) bond motifs is 1. The maximum atomic E-state index is 10.1. The van der Waals surface area contributed by atoms with Gasteiger partial charge in [0.1, 0.15) is 11.4 Å². The molecule has 1 N–H and O–H groups in total. The number of nitrogens with zero attached hydrogens (tertiary/aromatic N) is 1. The Labute approximate surface area is 116 Å². The summed E-state index contributed by atoms with van der Waals surface area (Å²) in [6.07, 6.45) is 1.78. The molecule has 0 bridgehead atoms. The average molecular weight is 276 g/mol. The van der Waals surface area contributed by atoms with Gasteiger partial charge in [-0.15, -0.1) is 0 Å². The largest absolute Gasteiger partial charge is 0.506 e. The van der Waals surface area contributed by atoms with Crippen molar-refractivity contribution in [3.8, 4) is 5.75 Å². The van der Waals surface area contributed by atoms with Crippen LogP contribution in [0.15, 0.2) is 30.5 Å². The van der Waals surface area contributed by atoms with Crippen LogP contribution in [0.5, 0.6) is 5.75 Å². The summed E-state index contributed by atoms with van der Waals surface area (Å²) in [5.74, 6) is 0.232. The van der Waals surface area contributed by atoms with Gasteiger partial charge in [-0.25, -0.2) is 0 Å². The summed E-state index contributed by atoms with van der Waals surface area (Å²) >= 11 is 5.92. The fraction of sp³-hybridized carbons (Fsp3) is 0.267. The Balaban J connectivity index is 2.15. The number of hydrogen-bond acceptors (Lipinski definition) is 3. The first-order valence-electron chi connectivity index (χ1n) is 6.10. The number of aromatic nitrogens is 1. The summed E-state index contributed by atoms with van der Waals surface area (Å²) in [5.41, 5.74) is 2.78. The third-order valence-corrected chi connectivity index (χ3v) is 4.01. The van der Waals surface area contributed by atoms with Crippen LogP contribution in [-0.4, -0.2) is 10.1 Å². The summed E-state index contributed by atoms with van der Waals surface area (Å²) in [6, 6.07) is 7.55. The second-order valence-electron chi connectivity index (χ2n) is 4.91. The molecule has 1 atom stereocenters. The van der Waals surface area contributed by atoms with E-state index in [-0.39, 0.29) is 5.75 Å². The van der Waals surface area contributed by atoms with Gasteiger partial charge < -0.3 is 9.84 Å². The lowest BCUT2D eigenvalue weighted by atomic mass is 9.88. The molecule has 98 valence electrons. The van der Waals surface area contributed by atoms with E-state index < -0.39 is 5.60 Å². The highest BCUT2D eigenvalue weighted by Gasteiger charge is 2.39. The molecule has 0 fully saturated rings. The molecule has 0 amide bonds. The molecule has 3 nitrogen and oxygen atoms in total. The van der Waals surface area contributed by atoms with Crippen molar-refractivity contribution in [2.75, 3.05) is 0 Å². The quantitative estimate of drug-likeness (QED) is 0.865. The molecule has 0 spiro atoms. The van der Waals surface area contributed by atoms with E-state index >= 15 is 0 Å². The SMILES string of the molecule is Cc1ncc2c(c1O)CO[C@@]2(C)c1ccc(Cl)cc1. The van der Waals surface area contributed by atoms with Gasteiger partial charge in [-0.1, -0.05) is 23.7 Å². The Morgan fingerprint density at radius 1 is 1.32 bits per heavy atom. The summed E-state index contributed by atoms with van der Waals surface area (Å²) < 4.78 is 5.93. The topological polar surface area (TPSA) is 42.4 Å². The lowest BCUT2D eigenvalue weighted by Gasteiger charge is -2.25. The van der Waals surface area contributed by atoms with Crippen LogP contribution in [0, 0.1) is 6.92 Å². The van der Waals surface area contributed by atoms with E-state index in [0.29, 0.717) is 17.3 Å². The van der Waals surface area contributed by atoms with Crippen LogP contribution < -0.4 is 0 Å². The molecule has 0 aliphatic carbocycles. The van der Waals surface area contributed by atoms with Crippen LogP contribution in [-0.2, 0) is 16.9 Å². The second-order valence-corrected chi connectivity index (χ2v) is 5.35. The maximum absolute atomic E-state index is 10.1. The fourth-order valence-corrected chi connectivity index (χ4v) is 2.63. The van der Waals surface area contributed by atoms with Crippen LogP contribution in [0.4, 0.5) is 0 Å². The molecular formula is C15H14ClNO2. The van der Waals surface area contributed by atoms with Crippen LogP contribution in [0.3, 0.4) is 0 Å². The number of ether oxygens (including phenoxy) is 1. The Morgan fingerprint density at radius 2 is 2.00 bits per heavy atom. The molecule has 0 radical (unpaired) electrons. The predicted octanol–water partition coefficient (Wildman–Crippen LogP) is 3.54. The van der Waals surface area contributed by atoms with E-state index in [9.17, 15) is 5.11 Å². The van der Waals surface area contributed by atoms with E-state index in [1.807, 2.05) is 31.2 Å². The van der Waals surface area contributed by atoms with Gasteiger partial charge in [0, 0.05) is 22.3 Å². The van der Waals surface area contributed by atoms with Crippen LogP contribution in [0.2, 0.25) is 5.02 Å². The molecule has 0 saturated carbocycles. The van der Waals surface area contributed by atoms with Gasteiger partial charge >= 0.3 is 0 Å². The van der Waals surface area contributed by atoms with Crippen LogP contribution in [0.25, 0.3) is 0 Å². The standard InChI is InChI=1S/C15H14ClNO2/c1-9-14(18)12-8-19-15(2,13(12)7-17-9)10-3-5-11(16)6-4-10/h3-7,18H,8H2,1-2H3/t15-/m0/s1. The molecule has 1 aromatic heterocycles. The molecule has 2 aromatic rings. The van der Waals surface area contributed by atoms with Gasteiger partial charge in [0.05, 0.1) is 12.3 Å². The highest BCUT2D eigenvalue weighted by atomic mass is 35.5. The van der Waals surface area contributed by atoms with Gasteiger partial charge in [-0.2, -0.15) is 0 Å². The van der Waals surface area contributed by atoms with Crippen molar-refractivity contribution in [2.24, 2.45) is 0 Å². The molecular weight excluding hydrogens is 262 g/mol. The number of aromatic hydroxyl groups is 1. The normalized spacial score (nSPS) is 21.4. The summed E-state index contributed by atoms with van der Waals surface area (Å²) in [7, 11) is 0. The van der Waals surface area contributed by atoms with Crippen molar-refractivity contribution in [3.05, 3.63) is 57.9 Å². The molecule has 19 heavy (non-hydrogen) atoms. The highest BCUT2D eigenvalue weighted by molar-refractivity contribution is 6.30. The molecule has 1 aliphatic rings. The van der Waals surface area contributed by atoms with E-state index in [2.05, 4.69) is 4.98 Å². The highest BCUT2D eigenvalue weighted by Crippen LogP contribution is 2.44. The van der Waals surface area contributed by atoms with Crippen LogP contribution in [0.1, 0.15) is 29.3 Å². The predicted molar refractivity (Wildman–Crippen MR) is 73.3 cm³/mol. The van der Waals surface area contributed by atoms with Crippen molar-refractivity contribution in [1.82, 2.24) is 4.98 Å². The van der Waals surface area contributed by atoms with Gasteiger partial charge in [0.25, 0.3) is 0 Å². The van der Waals surface area contributed by atoms with E-state index in [4.69, 9.17) is 16.3 Å². The van der Waals surface area contributed by atoms with E-state index in [0.717, 1.165) is 16.7 Å². The Hall–Kier alpha value is -1.58. The van der Waals surface area contributed by atoms with Crippen molar-refractivity contribution < 1.29 is 9.84 Å². The molecule has 0 saturated heterocycles. The Kier molecular flexibility index (Phi) is 2.77. The minimum Gasteiger partial charge on any atom is -0.506 e. The first kappa shape index (κ1) is 12.5. The Bertz CT molecular complexity index is 639. The third-order valence-electron chi connectivity index (χ3n) is 3.76. The van der Waals surface area contributed by atoms with Crippen molar-refractivity contribution >= 4 is 11.6 Å². The number of aryl methyl sites for hydroxylation is 1. The first-order valence-corrected chi connectivity index (χ1v) is 6.48. The minimum atomic E-state index is -0.585. The number of halogens is 1. The molecule has 3 rings (SSSR count). The van der Waals surface area contributed by atoms with Gasteiger partial charge in [-0.05, 0) is 31.5 Å². The number of benzene rings is 1. The first-order chi connectivity index (χ1) is 9.02. The molecule has 0 unspecified atom stereocenters. The van der Waals surface area contributed by atoms with Crippen molar-refractivity contribution in [2.45, 2.75) is 26.1 Å². The summed E-state index contributed by atoms with van der Waals surface area (Å²) in [4.78, 5) is 4.23. The van der Waals surface area contributed by atoms with Gasteiger partial charge in [0.2, 0.25) is 0 Å². The smallest absolute Gasteiger partial charge is 0.142 e.